The number of hydrogen-bond donors (Lipinski definition) is 0. The quantitative estimate of drug-likeness (QED) is 0.634. The van der Waals surface area contributed by atoms with Crippen LogP contribution in [0.1, 0.15) is 43.2 Å². The second-order valence-corrected chi connectivity index (χ2v) is 3.65. The summed E-state index contributed by atoms with van der Waals surface area (Å²) in [6.45, 7) is 2.24. The van der Waals surface area contributed by atoms with E-state index in [1.165, 1.54) is 25.7 Å². The first-order valence-corrected chi connectivity index (χ1v) is 4.90. The van der Waals surface area contributed by atoms with Gasteiger partial charge in [-0.15, -0.1) is 0 Å². The van der Waals surface area contributed by atoms with Crippen molar-refractivity contribution in [3.8, 4) is 0 Å². The van der Waals surface area contributed by atoms with E-state index in [9.17, 15) is 0 Å². The highest BCUT2D eigenvalue weighted by molar-refractivity contribution is 5.32. The van der Waals surface area contributed by atoms with Crippen LogP contribution >= 0.6 is 0 Å². The molecule has 1 radical (unpaired) electrons. The van der Waals surface area contributed by atoms with E-state index in [4.69, 9.17) is 0 Å². The first-order chi connectivity index (χ1) is 5.92. The summed E-state index contributed by atoms with van der Waals surface area (Å²) >= 11 is 0. The number of benzene rings is 1. The van der Waals surface area contributed by atoms with Crippen molar-refractivity contribution in [2.24, 2.45) is 0 Å². The van der Waals surface area contributed by atoms with Gasteiger partial charge in [-0.2, -0.15) is 0 Å². The average molecular weight is 159 g/mol. The van der Waals surface area contributed by atoms with Gasteiger partial charge in [-0.05, 0) is 42.4 Å². The molecule has 63 valence electrons. The largest absolute Gasteiger partial charge is 0.0651 e. The maximum atomic E-state index is 3.18. The summed E-state index contributed by atoms with van der Waals surface area (Å²) in [5, 5.41) is 0. The zero-order chi connectivity index (χ0) is 8.39. The lowest BCUT2D eigenvalue weighted by Crippen LogP contribution is -1.90. The average Bonchev–Trinajstić information content (AvgIpc) is 2.89. The van der Waals surface area contributed by atoms with Crippen LogP contribution in [0.5, 0.6) is 0 Å². The van der Waals surface area contributed by atoms with E-state index in [0.29, 0.717) is 0 Å². The molecular weight excluding hydrogens is 144 g/mol. The lowest BCUT2D eigenvalue weighted by atomic mass is 10.00. The van der Waals surface area contributed by atoms with Crippen LogP contribution in [0.4, 0.5) is 0 Å². The minimum atomic E-state index is 0.879. The first kappa shape index (κ1) is 7.85. The standard InChI is InChI=1S/C12H15/c1-2-5-10-6-3-4-7-12(10)11-8-9-11/h3,6-7,11H,2,5,8-9H2,1H3. The highest BCUT2D eigenvalue weighted by Gasteiger charge is 2.24. The zero-order valence-electron chi connectivity index (χ0n) is 7.64. The molecule has 1 saturated carbocycles. The Hall–Kier alpha value is -0.780. The zero-order valence-corrected chi connectivity index (χ0v) is 7.64. The minimum Gasteiger partial charge on any atom is -0.0651 e. The van der Waals surface area contributed by atoms with E-state index in [1.807, 2.05) is 6.07 Å². The SMILES string of the molecule is CCCc1cc[c]cc1C1CC1. The summed E-state index contributed by atoms with van der Waals surface area (Å²) in [5.41, 5.74) is 3.12. The molecule has 0 bridgehead atoms. The molecular formula is C12H15. The van der Waals surface area contributed by atoms with Crippen molar-refractivity contribution in [1.29, 1.82) is 0 Å². The van der Waals surface area contributed by atoms with E-state index in [-0.39, 0.29) is 0 Å². The smallest absolute Gasteiger partial charge is 0.0159 e. The van der Waals surface area contributed by atoms with Gasteiger partial charge in [-0.1, -0.05) is 31.5 Å². The molecule has 2 rings (SSSR count). The third kappa shape index (κ3) is 1.52. The normalized spacial score (nSPS) is 16.4. The van der Waals surface area contributed by atoms with E-state index < -0.39 is 0 Å². The maximum Gasteiger partial charge on any atom is -0.0159 e. The third-order valence-electron chi connectivity index (χ3n) is 2.53. The third-order valence-corrected chi connectivity index (χ3v) is 2.53. The first-order valence-electron chi connectivity index (χ1n) is 4.90. The second-order valence-electron chi connectivity index (χ2n) is 3.65. The Kier molecular flexibility index (Phi) is 2.16. The van der Waals surface area contributed by atoms with Crippen LogP contribution in [-0.4, -0.2) is 0 Å². The molecule has 12 heavy (non-hydrogen) atoms. The van der Waals surface area contributed by atoms with Gasteiger partial charge >= 0.3 is 0 Å². The molecule has 0 nitrogen and oxygen atoms in total. The monoisotopic (exact) mass is 159 g/mol. The van der Waals surface area contributed by atoms with Crippen molar-refractivity contribution in [2.75, 3.05) is 0 Å². The van der Waals surface area contributed by atoms with Crippen molar-refractivity contribution in [1.82, 2.24) is 0 Å². The van der Waals surface area contributed by atoms with Gasteiger partial charge in [-0.3, -0.25) is 0 Å². The Balaban J connectivity index is 2.24. The predicted octanol–water partition coefficient (Wildman–Crippen LogP) is 3.32. The lowest BCUT2D eigenvalue weighted by molar-refractivity contribution is 0.896. The molecule has 1 aromatic rings. The predicted molar refractivity (Wildman–Crippen MR) is 51.2 cm³/mol. The van der Waals surface area contributed by atoms with Gasteiger partial charge in [0.2, 0.25) is 0 Å². The van der Waals surface area contributed by atoms with Crippen molar-refractivity contribution in [3.05, 3.63) is 35.4 Å². The highest BCUT2D eigenvalue weighted by Crippen LogP contribution is 2.41. The van der Waals surface area contributed by atoms with Crippen molar-refractivity contribution >= 4 is 0 Å². The molecule has 0 unspecified atom stereocenters. The molecule has 0 N–H and O–H groups in total. The van der Waals surface area contributed by atoms with Crippen molar-refractivity contribution < 1.29 is 0 Å². The fourth-order valence-corrected chi connectivity index (χ4v) is 1.75. The topological polar surface area (TPSA) is 0 Å². The van der Waals surface area contributed by atoms with E-state index in [2.05, 4.69) is 25.1 Å². The molecule has 0 spiro atoms. The van der Waals surface area contributed by atoms with Gasteiger partial charge in [0.1, 0.15) is 0 Å². The summed E-state index contributed by atoms with van der Waals surface area (Å²) in [5.74, 6) is 0.879. The van der Waals surface area contributed by atoms with Crippen LogP contribution in [0.25, 0.3) is 0 Å². The minimum absolute atomic E-state index is 0.879. The number of hydrogen-bond acceptors (Lipinski definition) is 0. The molecule has 0 saturated heterocycles. The molecule has 0 heteroatoms. The summed E-state index contributed by atoms with van der Waals surface area (Å²) in [4.78, 5) is 0. The van der Waals surface area contributed by atoms with Crippen LogP contribution in [0, 0.1) is 6.07 Å². The molecule has 1 fully saturated rings. The van der Waals surface area contributed by atoms with Gasteiger partial charge in [0.25, 0.3) is 0 Å². The lowest BCUT2D eigenvalue weighted by Gasteiger charge is -2.05. The number of rotatable bonds is 3. The number of aryl methyl sites for hydroxylation is 1. The molecule has 1 aliphatic carbocycles. The Morgan fingerprint density at radius 2 is 2.33 bits per heavy atom. The van der Waals surface area contributed by atoms with E-state index >= 15 is 0 Å². The molecule has 0 aromatic heterocycles. The van der Waals surface area contributed by atoms with Gasteiger partial charge in [-0.25, -0.2) is 0 Å². The Labute approximate surface area is 74.6 Å². The fourth-order valence-electron chi connectivity index (χ4n) is 1.75. The Morgan fingerprint density at radius 1 is 1.50 bits per heavy atom. The summed E-state index contributed by atoms with van der Waals surface area (Å²) in [6.07, 6.45) is 5.29. The van der Waals surface area contributed by atoms with Crippen LogP contribution in [0.3, 0.4) is 0 Å². The van der Waals surface area contributed by atoms with Gasteiger partial charge < -0.3 is 0 Å². The molecule has 0 aliphatic heterocycles. The van der Waals surface area contributed by atoms with E-state index in [0.717, 1.165) is 5.92 Å². The van der Waals surface area contributed by atoms with Gasteiger partial charge in [0, 0.05) is 0 Å². The second kappa shape index (κ2) is 3.30. The highest BCUT2D eigenvalue weighted by atomic mass is 14.3. The molecule has 0 heterocycles. The summed E-state index contributed by atoms with van der Waals surface area (Å²) in [7, 11) is 0. The Morgan fingerprint density at radius 3 is 3.00 bits per heavy atom. The van der Waals surface area contributed by atoms with Crippen LogP contribution in [0.2, 0.25) is 0 Å². The van der Waals surface area contributed by atoms with Crippen LogP contribution < -0.4 is 0 Å². The van der Waals surface area contributed by atoms with Crippen LogP contribution in [0.15, 0.2) is 18.2 Å². The molecule has 0 amide bonds. The van der Waals surface area contributed by atoms with Crippen molar-refractivity contribution in [2.45, 2.75) is 38.5 Å². The van der Waals surface area contributed by atoms with Crippen molar-refractivity contribution in [3.63, 3.8) is 0 Å². The van der Waals surface area contributed by atoms with Gasteiger partial charge in [0.05, 0.1) is 0 Å². The maximum absolute atomic E-state index is 3.18. The molecule has 1 aromatic carbocycles. The Bertz CT molecular complexity index is 258. The molecule has 1 aliphatic rings. The van der Waals surface area contributed by atoms with E-state index in [1.54, 1.807) is 11.1 Å². The van der Waals surface area contributed by atoms with Crippen LogP contribution in [-0.2, 0) is 6.42 Å². The summed E-state index contributed by atoms with van der Waals surface area (Å²) < 4.78 is 0. The fraction of sp³-hybridized carbons (Fsp3) is 0.500. The summed E-state index contributed by atoms with van der Waals surface area (Å²) in [6, 6.07) is 9.64. The molecule has 0 atom stereocenters. The van der Waals surface area contributed by atoms with Gasteiger partial charge in [0.15, 0.2) is 0 Å².